The lowest BCUT2D eigenvalue weighted by Gasteiger charge is -2.19. The van der Waals surface area contributed by atoms with Gasteiger partial charge in [-0.3, -0.25) is 4.90 Å². The summed E-state index contributed by atoms with van der Waals surface area (Å²) in [6.07, 6.45) is 8.48. The molecule has 2 amide bonds. The van der Waals surface area contributed by atoms with E-state index in [-0.39, 0.29) is 12.0 Å². The van der Waals surface area contributed by atoms with Crippen LogP contribution in [0.25, 0.3) is 11.1 Å². The lowest BCUT2D eigenvalue weighted by atomic mass is 10.0. The van der Waals surface area contributed by atoms with Gasteiger partial charge in [0, 0.05) is 24.9 Å². The molecule has 2 rings (SSSR count). The summed E-state index contributed by atoms with van der Waals surface area (Å²) in [5.41, 5.74) is 3.40. The van der Waals surface area contributed by atoms with E-state index in [2.05, 4.69) is 12.2 Å². The van der Waals surface area contributed by atoms with Gasteiger partial charge >= 0.3 is 12.0 Å². The third-order valence-electron chi connectivity index (χ3n) is 5.33. The van der Waals surface area contributed by atoms with Crippen LogP contribution in [0, 0.1) is 0 Å². The number of allylic oxidation sites excluding steroid dienone is 1. The smallest absolute Gasteiger partial charge is 0.338 e. The first-order valence-corrected chi connectivity index (χ1v) is 11.6. The van der Waals surface area contributed by atoms with E-state index in [1.807, 2.05) is 49.4 Å². The second-order valence-electron chi connectivity index (χ2n) is 7.96. The summed E-state index contributed by atoms with van der Waals surface area (Å²) in [6.45, 7) is 6.63. The number of nitrogens with one attached hydrogen (secondary N) is 1. The summed E-state index contributed by atoms with van der Waals surface area (Å²) in [7, 11) is 1.78. The maximum absolute atomic E-state index is 12.5. The van der Waals surface area contributed by atoms with Crippen LogP contribution in [0.5, 0.6) is 5.75 Å². The van der Waals surface area contributed by atoms with Crippen LogP contribution in [0.2, 0.25) is 0 Å². The van der Waals surface area contributed by atoms with E-state index >= 15 is 0 Å². The summed E-state index contributed by atoms with van der Waals surface area (Å²) in [5, 5.41) is 2.99. The number of carbonyl (C=O) groups is 2. The van der Waals surface area contributed by atoms with Gasteiger partial charge < -0.3 is 10.1 Å². The zero-order valence-corrected chi connectivity index (χ0v) is 19.8. The molecule has 0 aliphatic carbocycles. The predicted molar refractivity (Wildman–Crippen MR) is 132 cm³/mol. The second-order valence-corrected chi connectivity index (χ2v) is 7.96. The lowest BCUT2D eigenvalue weighted by molar-refractivity contribution is -0.130. The number of nitrogens with zero attached hydrogens (tertiary/aromatic N) is 1. The molecule has 5 nitrogen and oxygen atoms in total. The highest BCUT2D eigenvalue weighted by molar-refractivity contribution is 5.92. The van der Waals surface area contributed by atoms with Gasteiger partial charge in [0.15, 0.2) is 0 Å². The molecule has 0 spiro atoms. The van der Waals surface area contributed by atoms with Gasteiger partial charge in [-0.2, -0.15) is 0 Å². The van der Waals surface area contributed by atoms with Gasteiger partial charge in [-0.25, -0.2) is 9.59 Å². The van der Waals surface area contributed by atoms with Crippen LogP contribution in [0.3, 0.4) is 0 Å². The molecule has 0 saturated heterocycles. The Kier molecular flexibility index (Phi) is 10.5. The Bertz CT molecular complexity index is 903. The molecule has 0 radical (unpaired) electrons. The molecule has 0 aliphatic heterocycles. The van der Waals surface area contributed by atoms with Gasteiger partial charge in [-0.05, 0) is 55.2 Å². The number of unbranched alkanes of at least 4 members (excludes halogenated alkanes) is 4. The van der Waals surface area contributed by atoms with E-state index in [4.69, 9.17) is 4.74 Å². The van der Waals surface area contributed by atoms with Crippen molar-refractivity contribution in [2.75, 3.05) is 18.5 Å². The number of ether oxygens (including phenoxy) is 1. The fourth-order valence-corrected chi connectivity index (χ4v) is 3.35. The molecule has 172 valence electrons. The topological polar surface area (TPSA) is 58.6 Å². The summed E-state index contributed by atoms with van der Waals surface area (Å²) < 4.78 is 5.41. The Balaban J connectivity index is 1.97. The van der Waals surface area contributed by atoms with E-state index in [0.29, 0.717) is 17.9 Å². The maximum Gasteiger partial charge on any atom is 0.338 e. The van der Waals surface area contributed by atoms with E-state index in [1.165, 1.54) is 19.3 Å². The minimum Gasteiger partial charge on any atom is -0.423 e. The number of esters is 1. The van der Waals surface area contributed by atoms with Gasteiger partial charge in [0.2, 0.25) is 0 Å². The van der Waals surface area contributed by atoms with Gasteiger partial charge in [0.05, 0.1) is 0 Å². The van der Waals surface area contributed by atoms with Crippen LogP contribution in [0.1, 0.15) is 59.3 Å². The van der Waals surface area contributed by atoms with E-state index < -0.39 is 0 Å². The number of amides is 2. The minimum absolute atomic E-state index is 0.101. The van der Waals surface area contributed by atoms with Crippen molar-refractivity contribution in [2.45, 2.75) is 59.3 Å². The molecule has 0 unspecified atom stereocenters. The van der Waals surface area contributed by atoms with Crippen LogP contribution in [-0.4, -0.2) is 25.6 Å². The highest BCUT2D eigenvalue weighted by Crippen LogP contribution is 2.26. The van der Waals surface area contributed by atoms with Gasteiger partial charge in [-0.15, -0.1) is 0 Å². The summed E-state index contributed by atoms with van der Waals surface area (Å²) >= 11 is 0. The van der Waals surface area contributed by atoms with Crippen molar-refractivity contribution in [3.05, 3.63) is 60.2 Å². The molecule has 0 aliphatic rings. The Morgan fingerprint density at radius 1 is 0.969 bits per heavy atom. The van der Waals surface area contributed by atoms with Crippen molar-refractivity contribution in [2.24, 2.45) is 0 Å². The molecule has 0 fully saturated rings. The fourth-order valence-electron chi connectivity index (χ4n) is 3.35. The van der Waals surface area contributed by atoms with Crippen molar-refractivity contribution in [3.63, 3.8) is 0 Å². The first-order valence-electron chi connectivity index (χ1n) is 11.6. The average Bonchev–Trinajstić information content (AvgIpc) is 2.81. The Labute approximate surface area is 192 Å². The molecule has 1 N–H and O–H groups in total. The van der Waals surface area contributed by atoms with Gasteiger partial charge in [-0.1, -0.05) is 69.9 Å². The molecule has 2 aromatic rings. The third kappa shape index (κ3) is 7.88. The van der Waals surface area contributed by atoms with Crippen molar-refractivity contribution >= 4 is 17.7 Å². The van der Waals surface area contributed by atoms with Crippen molar-refractivity contribution in [1.82, 2.24) is 5.32 Å². The molecule has 0 atom stereocenters. The summed E-state index contributed by atoms with van der Waals surface area (Å²) in [4.78, 5) is 26.2. The number of carbonyl (C=O) groups excluding carboxylic acids is 2. The number of anilines is 1. The van der Waals surface area contributed by atoms with E-state index in [9.17, 15) is 9.59 Å². The number of urea groups is 1. The SMILES string of the molecule is CCC=C(C)C(=O)Oc1ccc(-c2cccc(N(C)C(=O)NCCCCCCC)c2)cc1. The predicted octanol–water partition coefficient (Wildman–Crippen LogP) is 6.73. The van der Waals surface area contributed by atoms with Crippen LogP contribution in [0.15, 0.2) is 60.2 Å². The molecule has 0 aromatic heterocycles. The van der Waals surface area contributed by atoms with Crippen LogP contribution < -0.4 is 15.0 Å². The summed E-state index contributed by atoms with van der Waals surface area (Å²) in [5.74, 6) is 0.175. The third-order valence-corrected chi connectivity index (χ3v) is 5.33. The number of benzene rings is 2. The standard InChI is InChI=1S/C27H36N2O3/c1-5-7-8-9-10-19-28-27(31)29(4)24-14-11-13-23(20-24)22-15-17-25(18-16-22)32-26(30)21(3)12-6-2/h11-18,20H,5-10,19H2,1-4H3,(H,28,31). The molecule has 0 heterocycles. The molecule has 5 heteroatoms. The maximum atomic E-state index is 12.5. The lowest BCUT2D eigenvalue weighted by Crippen LogP contribution is -2.37. The fraction of sp³-hybridized carbons (Fsp3) is 0.407. The van der Waals surface area contributed by atoms with Crippen LogP contribution in [-0.2, 0) is 4.79 Å². The van der Waals surface area contributed by atoms with Crippen molar-refractivity contribution < 1.29 is 14.3 Å². The van der Waals surface area contributed by atoms with Gasteiger partial charge in [0.1, 0.15) is 5.75 Å². The largest absolute Gasteiger partial charge is 0.423 e. The van der Waals surface area contributed by atoms with Gasteiger partial charge in [0.25, 0.3) is 0 Å². The zero-order valence-electron chi connectivity index (χ0n) is 19.8. The average molecular weight is 437 g/mol. The van der Waals surface area contributed by atoms with Crippen LogP contribution in [0.4, 0.5) is 10.5 Å². The quantitative estimate of drug-likeness (QED) is 0.184. The highest BCUT2D eigenvalue weighted by Gasteiger charge is 2.12. The van der Waals surface area contributed by atoms with E-state index in [0.717, 1.165) is 36.1 Å². The molecule has 2 aromatic carbocycles. The minimum atomic E-state index is -0.334. The normalized spacial score (nSPS) is 11.2. The second kappa shape index (κ2) is 13.4. The summed E-state index contributed by atoms with van der Waals surface area (Å²) in [6, 6.07) is 15.1. The number of hydrogen-bond donors (Lipinski definition) is 1. The van der Waals surface area contributed by atoms with E-state index in [1.54, 1.807) is 31.0 Å². The number of rotatable bonds is 11. The van der Waals surface area contributed by atoms with Crippen LogP contribution >= 0.6 is 0 Å². The highest BCUT2D eigenvalue weighted by atomic mass is 16.5. The molecular weight excluding hydrogens is 400 g/mol. The van der Waals surface area contributed by atoms with Crippen molar-refractivity contribution in [3.8, 4) is 16.9 Å². The molecule has 32 heavy (non-hydrogen) atoms. The van der Waals surface area contributed by atoms with Crippen molar-refractivity contribution in [1.29, 1.82) is 0 Å². The Morgan fingerprint density at radius 2 is 1.69 bits per heavy atom. The first kappa shape index (κ1) is 25.2. The molecule has 0 saturated carbocycles. The first-order chi connectivity index (χ1) is 15.5. The molecule has 0 bridgehead atoms. The Morgan fingerprint density at radius 3 is 2.38 bits per heavy atom. The Hall–Kier alpha value is -3.08. The monoisotopic (exact) mass is 436 g/mol. The zero-order chi connectivity index (χ0) is 23.3. The number of hydrogen-bond acceptors (Lipinski definition) is 3. The molecular formula is C27H36N2O3.